The van der Waals surface area contributed by atoms with E-state index >= 15 is 0 Å². The lowest BCUT2D eigenvalue weighted by Crippen LogP contribution is -2.19. The molecule has 0 fully saturated rings. The molecule has 0 aromatic heterocycles. The summed E-state index contributed by atoms with van der Waals surface area (Å²) in [4.78, 5) is 34.7. The van der Waals surface area contributed by atoms with E-state index in [1.165, 1.54) is 30.3 Å². The molecule has 1 aromatic carbocycles. The Bertz CT molecular complexity index is 567. The fourth-order valence-electron chi connectivity index (χ4n) is 1.64. The number of hydrogen-bond donors (Lipinski definition) is 1. The van der Waals surface area contributed by atoms with Crippen LogP contribution in [0.3, 0.4) is 0 Å². The predicted octanol–water partition coefficient (Wildman–Crippen LogP) is 2.56. The highest BCUT2D eigenvalue weighted by atomic mass is 16.5. The van der Waals surface area contributed by atoms with E-state index in [1.54, 1.807) is 20.8 Å². The van der Waals surface area contributed by atoms with Crippen LogP contribution in [0.5, 0.6) is 0 Å². The summed E-state index contributed by atoms with van der Waals surface area (Å²) in [7, 11) is 0. The van der Waals surface area contributed by atoms with Crippen molar-refractivity contribution in [3.8, 4) is 0 Å². The smallest absolute Gasteiger partial charge is 0.341 e. The average molecular weight is 290 g/mol. The third-order valence-corrected chi connectivity index (χ3v) is 2.75. The van der Waals surface area contributed by atoms with Crippen molar-refractivity contribution < 1.29 is 24.2 Å². The van der Waals surface area contributed by atoms with Gasteiger partial charge in [0, 0.05) is 5.92 Å². The fourth-order valence-corrected chi connectivity index (χ4v) is 1.64. The molecule has 0 bridgehead atoms. The normalized spacial score (nSPS) is 11.3. The van der Waals surface area contributed by atoms with E-state index in [1.807, 2.05) is 0 Å². The van der Waals surface area contributed by atoms with Gasteiger partial charge in [-0.25, -0.2) is 9.59 Å². The number of esters is 1. The predicted molar refractivity (Wildman–Crippen MR) is 77.9 cm³/mol. The highest BCUT2D eigenvalue weighted by Gasteiger charge is 2.22. The van der Waals surface area contributed by atoms with E-state index in [0.717, 1.165) is 0 Å². The van der Waals surface area contributed by atoms with Crippen LogP contribution in [0.2, 0.25) is 0 Å². The van der Waals surface area contributed by atoms with Gasteiger partial charge in [-0.05, 0) is 30.7 Å². The number of ether oxygens (including phenoxy) is 1. The van der Waals surface area contributed by atoms with Gasteiger partial charge in [-0.15, -0.1) is 0 Å². The van der Waals surface area contributed by atoms with Crippen molar-refractivity contribution in [1.29, 1.82) is 0 Å². The maximum Gasteiger partial charge on any atom is 0.341 e. The topological polar surface area (TPSA) is 80.7 Å². The van der Waals surface area contributed by atoms with Crippen LogP contribution in [0.15, 0.2) is 29.8 Å². The van der Waals surface area contributed by atoms with Crippen LogP contribution in [-0.4, -0.2) is 29.4 Å². The van der Waals surface area contributed by atoms with Gasteiger partial charge in [0.25, 0.3) is 0 Å². The first-order valence-electron chi connectivity index (χ1n) is 6.63. The molecule has 0 saturated heterocycles. The van der Waals surface area contributed by atoms with Gasteiger partial charge < -0.3 is 9.84 Å². The quantitative estimate of drug-likeness (QED) is 0.377. The van der Waals surface area contributed by atoms with Crippen molar-refractivity contribution in [3.63, 3.8) is 0 Å². The molecule has 0 unspecified atom stereocenters. The van der Waals surface area contributed by atoms with E-state index in [4.69, 9.17) is 9.84 Å². The molecule has 0 saturated carbocycles. The highest BCUT2D eigenvalue weighted by Crippen LogP contribution is 2.14. The average Bonchev–Trinajstić information content (AvgIpc) is 2.44. The maximum absolute atomic E-state index is 12.1. The van der Waals surface area contributed by atoms with E-state index in [-0.39, 0.29) is 29.4 Å². The first-order chi connectivity index (χ1) is 9.86. The Morgan fingerprint density at radius 2 is 1.76 bits per heavy atom. The van der Waals surface area contributed by atoms with Gasteiger partial charge in [-0.1, -0.05) is 26.0 Å². The number of rotatable bonds is 6. The molecule has 0 atom stereocenters. The van der Waals surface area contributed by atoms with E-state index in [0.29, 0.717) is 5.56 Å². The summed E-state index contributed by atoms with van der Waals surface area (Å²) >= 11 is 0. The molecular weight excluding hydrogens is 272 g/mol. The molecular formula is C16H18O5. The summed E-state index contributed by atoms with van der Waals surface area (Å²) < 4.78 is 4.89. The van der Waals surface area contributed by atoms with Crippen LogP contribution in [-0.2, 0) is 14.3 Å². The summed E-state index contributed by atoms with van der Waals surface area (Å²) in [6.45, 7) is 5.24. The molecule has 5 nitrogen and oxygen atoms in total. The number of carboxylic acids is 1. The molecule has 1 aromatic rings. The lowest BCUT2D eigenvalue weighted by molar-refractivity contribution is -0.140. The lowest BCUT2D eigenvalue weighted by Gasteiger charge is -2.09. The third kappa shape index (κ3) is 4.56. The number of carbonyl (C=O) groups is 3. The fraction of sp³-hybridized carbons (Fsp3) is 0.312. The lowest BCUT2D eigenvalue weighted by atomic mass is 9.98. The van der Waals surface area contributed by atoms with Gasteiger partial charge in [-0.2, -0.15) is 0 Å². The van der Waals surface area contributed by atoms with Gasteiger partial charge >= 0.3 is 11.9 Å². The molecule has 0 radical (unpaired) electrons. The van der Waals surface area contributed by atoms with E-state index in [9.17, 15) is 14.4 Å². The molecule has 0 aliphatic rings. The largest absolute Gasteiger partial charge is 0.478 e. The minimum atomic E-state index is -1.03. The minimum absolute atomic E-state index is 0.0325. The van der Waals surface area contributed by atoms with Crippen molar-refractivity contribution in [2.24, 2.45) is 5.92 Å². The first kappa shape index (κ1) is 16.6. The molecule has 0 amide bonds. The van der Waals surface area contributed by atoms with Gasteiger partial charge in [0.1, 0.15) is 5.57 Å². The Kier molecular flexibility index (Phi) is 5.84. The van der Waals surface area contributed by atoms with Crippen molar-refractivity contribution >= 4 is 23.8 Å². The third-order valence-electron chi connectivity index (χ3n) is 2.75. The van der Waals surface area contributed by atoms with Crippen LogP contribution in [0.4, 0.5) is 0 Å². The van der Waals surface area contributed by atoms with Crippen molar-refractivity contribution in [2.45, 2.75) is 20.8 Å². The van der Waals surface area contributed by atoms with Gasteiger partial charge in [0.05, 0.1) is 12.2 Å². The van der Waals surface area contributed by atoms with Crippen LogP contribution in [0, 0.1) is 5.92 Å². The molecule has 1 rings (SSSR count). The number of hydrogen-bond acceptors (Lipinski definition) is 4. The molecule has 5 heteroatoms. The monoisotopic (exact) mass is 290 g/mol. The Balaban J connectivity index is 3.15. The second-order valence-corrected chi connectivity index (χ2v) is 4.72. The standard InChI is InChI=1S/C16H18O5/c1-4-21-16(20)13(14(17)10(2)3)9-11-5-7-12(8-6-11)15(18)19/h5-10H,4H2,1-3H3,(H,18,19)/b13-9+. The Hall–Kier alpha value is -2.43. The summed E-state index contributed by atoms with van der Waals surface area (Å²) in [5, 5.41) is 8.83. The number of ketones is 1. The van der Waals surface area contributed by atoms with Crippen molar-refractivity contribution in [2.75, 3.05) is 6.61 Å². The van der Waals surface area contributed by atoms with Crippen LogP contribution >= 0.6 is 0 Å². The summed E-state index contributed by atoms with van der Waals surface area (Å²) in [6.07, 6.45) is 1.42. The van der Waals surface area contributed by atoms with Gasteiger partial charge in [-0.3, -0.25) is 4.79 Å². The van der Waals surface area contributed by atoms with E-state index < -0.39 is 11.9 Å². The molecule has 0 aliphatic heterocycles. The molecule has 112 valence electrons. The SMILES string of the molecule is CCOC(=O)/C(=C/c1ccc(C(=O)O)cc1)C(=O)C(C)C. The molecule has 1 N–H and O–H groups in total. The minimum Gasteiger partial charge on any atom is -0.478 e. The molecule has 0 spiro atoms. The van der Waals surface area contributed by atoms with Crippen molar-refractivity contribution in [3.05, 3.63) is 41.0 Å². The van der Waals surface area contributed by atoms with Crippen LogP contribution < -0.4 is 0 Å². The second-order valence-electron chi connectivity index (χ2n) is 4.72. The molecule has 0 aliphatic carbocycles. The summed E-state index contributed by atoms with van der Waals surface area (Å²) in [6, 6.07) is 5.90. The summed E-state index contributed by atoms with van der Waals surface area (Å²) in [5.74, 6) is -2.34. The molecule has 0 heterocycles. The summed E-state index contributed by atoms with van der Waals surface area (Å²) in [5.41, 5.74) is 0.673. The zero-order valence-corrected chi connectivity index (χ0v) is 12.3. The number of Topliss-reactive ketones (excluding diaryl/α,β-unsaturated/α-hetero) is 1. The second kappa shape index (κ2) is 7.38. The highest BCUT2D eigenvalue weighted by molar-refractivity contribution is 6.21. The molecule has 21 heavy (non-hydrogen) atoms. The number of carboxylic acid groups (broad SMARTS) is 1. The van der Waals surface area contributed by atoms with Crippen LogP contribution in [0.1, 0.15) is 36.7 Å². The number of aromatic carboxylic acids is 1. The Morgan fingerprint density at radius 3 is 2.19 bits per heavy atom. The van der Waals surface area contributed by atoms with Crippen molar-refractivity contribution in [1.82, 2.24) is 0 Å². The number of carbonyl (C=O) groups excluding carboxylic acids is 2. The zero-order valence-electron chi connectivity index (χ0n) is 12.3. The van der Waals surface area contributed by atoms with E-state index in [2.05, 4.69) is 0 Å². The number of benzene rings is 1. The Labute approximate surface area is 123 Å². The van der Waals surface area contributed by atoms with Gasteiger partial charge in [0.15, 0.2) is 5.78 Å². The Morgan fingerprint density at radius 1 is 1.19 bits per heavy atom. The van der Waals surface area contributed by atoms with Gasteiger partial charge in [0.2, 0.25) is 0 Å². The zero-order chi connectivity index (χ0) is 16.0. The maximum atomic E-state index is 12.1. The van der Waals surface area contributed by atoms with Crippen LogP contribution in [0.25, 0.3) is 6.08 Å². The first-order valence-corrected chi connectivity index (χ1v) is 6.63.